The van der Waals surface area contributed by atoms with E-state index in [0.29, 0.717) is 11.6 Å². The molecule has 1 aromatic heterocycles. The van der Waals surface area contributed by atoms with Crippen molar-refractivity contribution in [2.45, 2.75) is 59.3 Å². The highest BCUT2D eigenvalue weighted by Gasteiger charge is 2.13. The highest BCUT2D eigenvalue weighted by Crippen LogP contribution is 2.24. The van der Waals surface area contributed by atoms with E-state index in [9.17, 15) is 4.79 Å². The molecule has 0 aliphatic rings. The summed E-state index contributed by atoms with van der Waals surface area (Å²) in [6.45, 7) is 6.81. The predicted octanol–water partition coefficient (Wildman–Crippen LogP) is 7.11. The third-order valence-corrected chi connectivity index (χ3v) is 5.70. The molecule has 5 nitrogen and oxygen atoms in total. The number of carbonyl (C=O) groups is 1. The van der Waals surface area contributed by atoms with Crippen LogP contribution in [0.15, 0.2) is 60.9 Å². The molecule has 0 N–H and O–H groups in total. The van der Waals surface area contributed by atoms with Crippen LogP contribution in [0.25, 0.3) is 22.5 Å². The molecule has 5 heteroatoms. The molecule has 1 atom stereocenters. The number of hydrogen-bond acceptors (Lipinski definition) is 5. The van der Waals surface area contributed by atoms with Gasteiger partial charge in [-0.25, -0.2) is 9.97 Å². The highest BCUT2D eigenvalue weighted by molar-refractivity contribution is 5.75. The van der Waals surface area contributed by atoms with Crippen LogP contribution < -0.4 is 9.47 Å². The third-order valence-electron chi connectivity index (χ3n) is 5.70. The van der Waals surface area contributed by atoms with E-state index in [1.54, 1.807) is 12.1 Å². The molecule has 174 valence electrons. The van der Waals surface area contributed by atoms with E-state index in [4.69, 9.17) is 9.47 Å². The Labute approximate surface area is 197 Å². The lowest BCUT2D eigenvalue weighted by molar-refractivity contribution is -0.138. The molecule has 0 bridgehead atoms. The van der Waals surface area contributed by atoms with E-state index in [1.807, 2.05) is 62.6 Å². The maximum atomic E-state index is 11.9. The van der Waals surface area contributed by atoms with E-state index in [1.165, 1.54) is 25.7 Å². The summed E-state index contributed by atoms with van der Waals surface area (Å²) in [5.41, 5.74) is 2.82. The first-order chi connectivity index (χ1) is 16.1. The number of benzene rings is 2. The van der Waals surface area contributed by atoms with Crippen molar-refractivity contribution in [3.05, 3.63) is 60.9 Å². The summed E-state index contributed by atoms with van der Waals surface area (Å²) in [5, 5.41) is 0. The van der Waals surface area contributed by atoms with Crippen molar-refractivity contribution in [1.82, 2.24) is 9.97 Å². The van der Waals surface area contributed by atoms with Gasteiger partial charge >= 0.3 is 5.97 Å². The number of esters is 1. The van der Waals surface area contributed by atoms with Gasteiger partial charge in [0.25, 0.3) is 0 Å². The lowest BCUT2D eigenvalue weighted by atomic mass is 10.1. The molecule has 0 amide bonds. The Balaban J connectivity index is 1.55. The second-order valence-corrected chi connectivity index (χ2v) is 8.34. The van der Waals surface area contributed by atoms with E-state index >= 15 is 0 Å². The third kappa shape index (κ3) is 7.41. The van der Waals surface area contributed by atoms with Crippen molar-refractivity contribution in [2.24, 2.45) is 5.92 Å². The van der Waals surface area contributed by atoms with Gasteiger partial charge in [-0.1, -0.05) is 58.6 Å². The van der Waals surface area contributed by atoms with E-state index in [0.717, 1.165) is 41.9 Å². The molecule has 33 heavy (non-hydrogen) atoms. The van der Waals surface area contributed by atoms with E-state index in [-0.39, 0.29) is 11.9 Å². The Morgan fingerprint density at radius 2 is 1.39 bits per heavy atom. The molecule has 0 spiro atoms. The maximum Gasteiger partial charge on any atom is 0.314 e. The van der Waals surface area contributed by atoms with Crippen LogP contribution in [0.2, 0.25) is 0 Å². The van der Waals surface area contributed by atoms with Crippen LogP contribution in [-0.4, -0.2) is 22.5 Å². The first kappa shape index (κ1) is 24.4. The fourth-order valence-electron chi connectivity index (χ4n) is 3.32. The van der Waals surface area contributed by atoms with Gasteiger partial charge in [0.2, 0.25) is 0 Å². The Bertz CT molecular complexity index is 983. The van der Waals surface area contributed by atoms with Gasteiger partial charge in [0.05, 0.1) is 12.5 Å². The molecule has 0 fully saturated rings. The van der Waals surface area contributed by atoms with E-state index in [2.05, 4.69) is 16.9 Å². The Kier molecular flexibility index (Phi) is 9.43. The first-order valence-corrected chi connectivity index (χ1v) is 12.0. The van der Waals surface area contributed by atoms with Crippen molar-refractivity contribution in [3.63, 3.8) is 0 Å². The van der Waals surface area contributed by atoms with Gasteiger partial charge in [0.1, 0.15) is 11.5 Å². The normalized spacial score (nSPS) is 11.7. The minimum absolute atomic E-state index is 0.109. The summed E-state index contributed by atoms with van der Waals surface area (Å²) in [4.78, 5) is 21.0. The number of nitrogens with zero attached hydrogens (tertiary/aromatic N) is 2. The van der Waals surface area contributed by atoms with Gasteiger partial charge in [0, 0.05) is 23.5 Å². The van der Waals surface area contributed by atoms with Gasteiger partial charge in [-0.05, 0) is 54.8 Å². The largest absolute Gasteiger partial charge is 0.494 e. The fourth-order valence-corrected chi connectivity index (χ4v) is 3.32. The lowest BCUT2D eigenvalue weighted by Crippen LogP contribution is -2.16. The second-order valence-electron chi connectivity index (χ2n) is 8.34. The molecule has 1 heterocycles. The van der Waals surface area contributed by atoms with Crippen molar-refractivity contribution < 1.29 is 14.3 Å². The van der Waals surface area contributed by atoms with Gasteiger partial charge in [0.15, 0.2) is 5.82 Å². The molecule has 2 aromatic carbocycles. The molecule has 3 rings (SSSR count). The van der Waals surface area contributed by atoms with Crippen molar-refractivity contribution >= 4 is 5.97 Å². The van der Waals surface area contributed by atoms with Gasteiger partial charge in [-0.15, -0.1) is 0 Å². The van der Waals surface area contributed by atoms with Crippen molar-refractivity contribution in [2.75, 3.05) is 6.61 Å². The number of carbonyl (C=O) groups excluding carboxylic acids is 1. The van der Waals surface area contributed by atoms with Gasteiger partial charge in [-0.3, -0.25) is 4.79 Å². The van der Waals surface area contributed by atoms with Gasteiger partial charge < -0.3 is 9.47 Å². The van der Waals surface area contributed by atoms with Crippen molar-refractivity contribution in [1.29, 1.82) is 0 Å². The summed E-state index contributed by atoms with van der Waals surface area (Å²) in [7, 11) is 0. The number of rotatable bonds is 12. The van der Waals surface area contributed by atoms with E-state index < -0.39 is 0 Å². The van der Waals surface area contributed by atoms with Crippen LogP contribution >= 0.6 is 0 Å². The summed E-state index contributed by atoms with van der Waals surface area (Å²) in [6, 6.07) is 15.3. The molecule has 1 unspecified atom stereocenters. The summed E-state index contributed by atoms with van der Waals surface area (Å²) in [5.74, 6) is 1.77. The standard InChI is InChI=1S/C28H34N2O3/c1-4-6-7-8-9-18-32-25-14-12-23(13-15-25)27-29-19-24(20-30-27)22-10-16-26(17-11-22)33-28(31)21(3)5-2/h10-17,19-21H,4-9,18H2,1-3H3. The number of ether oxygens (including phenoxy) is 2. The SMILES string of the molecule is CCCCCCCOc1ccc(-c2ncc(-c3ccc(OC(=O)C(C)CC)cc3)cn2)cc1. The van der Waals surface area contributed by atoms with Crippen LogP contribution in [0, 0.1) is 5.92 Å². The minimum atomic E-state index is -0.207. The Hall–Kier alpha value is -3.21. The van der Waals surface area contributed by atoms with Crippen LogP contribution in [0.5, 0.6) is 11.5 Å². The molecular weight excluding hydrogens is 412 g/mol. The zero-order chi connectivity index (χ0) is 23.5. The average molecular weight is 447 g/mol. The molecule has 3 aromatic rings. The zero-order valence-electron chi connectivity index (χ0n) is 19.9. The average Bonchev–Trinajstić information content (AvgIpc) is 2.86. The molecule has 0 radical (unpaired) electrons. The smallest absolute Gasteiger partial charge is 0.314 e. The monoisotopic (exact) mass is 446 g/mol. The lowest BCUT2D eigenvalue weighted by Gasteiger charge is -2.09. The summed E-state index contributed by atoms with van der Waals surface area (Å²) < 4.78 is 11.2. The first-order valence-electron chi connectivity index (χ1n) is 12.0. The van der Waals surface area contributed by atoms with Crippen LogP contribution in [0.4, 0.5) is 0 Å². The fraction of sp³-hybridized carbons (Fsp3) is 0.393. The topological polar surface area (TPSA) is 61.3 Å². The summed E-state index contributed by atoms with van der Waals surface area (Å²) in [6.07, 6.45) is 10.5. The maximum absolute atomic E-state index is 11.9. The second kappa shape index (κ2) is 12.7. The molecule has 0 aliphatic heterocycles. The number of unbranched alkanes of at least 4 members (excludes halogenated alkanes) is 4. The van der Waals surface area contributed by atoms with Crippen molar-refractivity contribution in [3.8, 4) is 34.0 Å². The Morgan fingerprint density at radius 3 is 2.03 bits per heavy atom. The van der Waals surface area contributed by atoms with Crippen LogP contribution in [0.1, 0.15) is 59.3 Å². The zero-order valence-corrected chi connectivity index (χ0v) is 19.9. The Morgan fingerprint density at radius 1 is 0.788 bits per heavy atom. The van der Waals surface area contributed by atoms with Crippen LogP contribution in [0.3, 0.4) is 0 Å². The molecule has 0 aliphatic carbocycles. The minimum Gasteiger partial charge on any atom is -0.494 e. The molecular formula is C28H34N2O3. The highest BCUT2D eigenvalue weighted by atomic mass is 16.5. The number of hydrogen-bond donors (Lipinski definition) is 0. The molecule has 0 saturated heterocycles. The summed E-state index contributed by atoms with van der Waals surface area (Å²) >= 11 is 0. The van der Waals surface area contributed by atoms with Crippen LogP contribution in [-0.2, 0) is 4.79 Å². The van der Waals surface area contributed by atoms with Gasteiger partial charge in [-0.2, -0.15) is 0 Å². The predicted molar refractivity (Wildman–Crippen MR) is 132 cm³/mol. The molecule has 0 saturated carbocycles. The quantitative estimate of drug-likeness (QED) is 0.168. The number of aromatic nitrogens is 2.